The highest BCUT2D eigenvalue weighted by atomic mass is 35.5. The minimum atomic E-state index is -0.460. The summed E-state index contributed by atoms with van der Waals surface area (Å²) in [6.07, 6.45) is 1.23. The van der Waals surface area contributed by atoms with Gasteiger partial charge in [-0.1, -0.05) is 34.4 Å². The molecule has 1 unspecified atom stereocenters. The summed E-state index contributed by atoms with van der Waals surface area (Å²) in [7, 11) is 0. The average Bonchev–Trinajstić information content (AvgIpc) is 2.74. The SMILES string of the molecule is NC(c1ccc(Cl)c(Cl)c1)c1ncon1. The summed E-state index contributed by atoms with van der Waals surface area (Å²) in [6, 6.07) is 4.68. The number of hydrogen-bond acceptors (Lipinski definition) is 4. The molecular formula is C9H7Cl2N3O. The predicted octanol–water partition coefficient (Wildman–Crippen LogP) is 2.42. The molecule has 0 aliphatic rings. The highest BCUT2D eigenvalue weighted by molar-refractivity contribution is 6.42. The summed E-state index contributed by atoms with van der Waals surface area (Å²) in [5.74, 6) is 0.411. The lowest BCUT2D eigenvalue weighted by atomic mass is 10.1. The predicted molar refractivity (Wildman–Crippen MR) is 56.8 cm³/mol. The zero-order chi connectivity index (χ0) is 10.8. The van der Waals surface area contributed by atoms with E-state index in [1.165, 1.54) is 6.39 Å². The van der Waals surface area contributed by atoms with Crippen molar-refractivity contribution >= 4 is 23.2 Å². The smallest absolute Gasteiger partial charge is 0.213 e. The molecule has 0 saturated carbocycles. The largest absolute Gasteiger partial charge is 0.343 e. The summed E-state index contributed by atoms with van der Waals surface area (Å²) in [4.78, 5) is 3.87. The van der Waals surface area contributed by atoms with E-state index in [0.29, 0.717) is 15.9 Å². The van der Waals surface area contributed by atoms with Gasteiger partial charge >= 0.3 is 0 Å². The Kier molecular flexibility index (Phi) is 2.90. The molecule has 0 radical (unpaired) electrons. The van der Waals surface area contributed by atoms with E-state index in [1.54, 1.807) is 18.2 Å². The topological polar surface area (TPSA) is 64.9 Å². The van der Waals surface area contributed by atoms with Crippen molar-refractivity contribution in [2.24, 2.45) is 5.73 Å². The van der Waals surface area contributed by atoms with Crippen LogP contribution in [0.15, 0.2) is 29.1 Å². The van der Waals surface area contributed by atoms with Gasteiger partial charge in [-0.05, 0) is 17.7 Å². The first-order chi connectivity index (χ1) is 7.18. The molecular weight excluding hydrogens is 237 g/mol. The first-order valence-electron chi connectivity index (χ1n) is 4.15. The number of nitrogens with two attached hydrogens (primary N) is 1. The zero-order valence-electron chi connectivity index (χ0n) is 7.52. The van der Waals surface area contributed by atoms with Gasteiger partial charge in [-0.2, -0.15) is 4.98 Å². The second-order valence-corrected chi connectivity index (χ2v) is 3.76. The minimum Gasteiger partial charge on any atom is -0.343 e. The van der Waals surface area contributed by atoms with Crippen LogP contribution in [0.2, 0.25) is 10.0 Å². The maximum Gasteiger partial charge on any atom is 0.213 e. The third-order valence-electron chi connectivity index (χ3n) is 1.96. The van der Waals surface area contributed by atoms with E-state index in [-0.39, 0.29) is 0 Å². The molecule has 0 saturated heterocycles. The van der Waals surface area contributed by atoms with Crippen molar-refractivity contribution in [3.05, 3.63) is 46.0 Å². The van der Waals surface area contributed by atoms with Crippen molar-refractivity contribution in [3.63, 3.8) is 0 Å². The Bertz CT molecular complexity index is 458. The van der Waals surface area contributed by atoms with E-state index in [4.69, 9.17) is 28.9 Å². The van der Waals surface area contributed by atoms with E-state index in [1.807, 2.05) is 0 Å². The summed E-state index contributed by atoms with van der Waals surface area (Å²) < 4.78 is 4.61. The first-order valence-corrected chi connectivity index (χ1v) is 4.91. The third-order valence-corrected chi connectivity index (χ3v) is 2.70. The fraction of sp³-hybridized carbons (Fsp3) is 0.111. The summed E-state index contributed by atoms with van der Waals surface area (Å²) in [5, 5.41) is 4.60. The van der Waals surface area contributed by atoms with Crippen LogP contribution in [-0.2, 0) is 0 Å². The van der Waals surface area contributed by atoms with Crippen LogP contribution in [0.25, 0.3) is 0 Å². The molecule has 2 aromatic rings. The van der Waals surface area contributed by atoms with Crippen molar-refractivity contribution in [2.75, 3.05) is 0 Å². The zero-order valence-corrected chi connectivity index (χ0v) is 9.03. The van der Waals surface area contributed by atoms with Gasteiger partial charge in [-0.15, -0.1) is 0 Å². The van der Waals surface area contributed by atoms with Gasteiger partial charge in [0, 0.05) is 0 Å². The van der Waals surface area contributed by atoms with Crippen molar-refractivity contribution in [1.82, 2.24) is 10.1 Å². The minimum absolute atomic E-state index is 0.411. The number of nitrogens with zero attached hydrogens (tertiary/aromatic N) is 2. The van der Waals surface area contributed by atoms with Crippen LogP contribution < -0.4 is 5.73 Å². The van der Waals surface area contributed by atoms with Gasteiger partial charge in [0.15, 0.2) is 5.82 Å². The Morgan fingerprint density at radius 2 is 2.07 bits per heavy atom. The van der Waals surface area contributed by atoms with Gasteiger partial charge in [0.2, 0.25) is 6.39 Å². The molecule has 0 amide bonds. The number of aromatic nitrogens is 2. The van der Waals surface area contributed by atoms with E-state index in [9.17, 15) is 0 Å². The Hall–Kier alpha value is -1.10. The molecule has 78 valence electrons. The first kappa shape index (κ1) is 10.4. The fourth-order valence-electron chi connectivity index (χ4n) is 1.17. The van der Waals surface area contributed by atoms with Gasteiger partial charge in [0.1, 0.15) is 0 Å². The van der Waals surface area contributed by atoms with Crippen LogP contribution in [0.4, 0.5) is 0 Å². The number of halogens is 2. The van der Waals surface area contributed by atoms with Gasteiger partial charge in [0.25, 0.3) is 0 Å². The Labute approximate surface area is 96.0 Å². The molecule has 4 nitrogen and oxygen atoms in total. The van der Waals surface area contributed by atoms with Crippen LogP contribution in [0, 0.1) is 0 Å². The standard InChI is InChI=1S/C9H7Cl2N3O/c10-6-2-1-5(3-7(6)11)8(12)9-13-4-15-14-9/h1-4,8H,12H2. The molecule has 0 fully saturated rings. The van der Waals surface area contributed by atoms with Crippen LogP contribution in [-0.4, -0.2) is 10.1 Å². The normalized spacial score (nSPS) is 12.7. The van der Waals surface area contributed by atoms with Gasteiger partial charge < -0.3 is 10.3 Å². The molecule has 0 spiro atoms. The lowest BCUT2D eigenvalue weighted by molar-refractivity contribution is 0.407. The van der Waals surface area contributed by atoms with Crippen LogP contribution >= 0.6 is 23.2 Å². The number of rotatable bonds is 2. The fourth-order valence-corrected chi connectivity index (χ4v) is 1.48. The number of hydrogen-bond donors (Lipinski definition) is 1. The molecule has 0 aliphatic heterocycles. The van der Waals surface area contributed by atoms with E-state index in [0.717, 1.165) is 5.56 Å². The molecule has 2 N–H and O–H groups in total. The van der Waals surface area contributed by atoms with Gasteiger partial charge in [-0.25, -0.2) is 0 Å². The molecule has 0 bridgehead atoms. The van der Waals surface area contributed by atoms with E-state index in [2.05, 4.69) is 14.7 Å². The highest BCUT2D eigenvalue weighted by Crippen LogP contribution is 2.26. The molecule has 2 rings (SSSR count). The second-order valence-electron chi connectivity index (χ2n) is 2.94. The molecule has 15 heavy (non-hydrogen) atoms. The highest BCUT2D eigenvalue weighted by Gasteiger charge is 2.14. The molecule has 1 heterocycles. The van der Waals surface area contributed by atoms with E-state index < -0.39 is 6.04 Å². The lowest BCUT2D eigenvalue weighted by Gasteiger charge is -2.08. The van der Waals surface area contributed by atoms with Crippen molar-refractivity contribution in [1.29, 1.82) is 0 Å². The summed E-state index contributed by atoms with van der Waals surface area (Å²) in [5.41, 5.74) is 6.68. The quantitative estimate of drug-likeness (QED) is 0.880. The second kappa shape index (κ2) is 4.18. The molecule has 6 heteroatoms. The van der Waals surface area contributed by atoms with Crippen LogP contribution in [0.1, 0.15) is 17.4 Å². The number of benzene rings is 1. The molecule has 1 aromatic heterocycles. The molecule has 1 aromatic carbocycles. The molecule has 0 aliphatic carbocycles. The summed E-state index contributed by atoms with van der Waals surface area (Å²) in [6.45, 7) is 0. The monoisotopic (exact) mass is 243 g/mol. The Balaban J connectivity index is 2.34. The van der Waals surface area contributed by atoms with E-state index >= 15 is 0 Å². The van der Waals surface area contributed by atoms with Crippen molar-refractivity contribution < 1.29 is 4.52 Å². The Morgan fingerprint density at radius 1 is 1.27 bits per heavy atom. The lowest BCUT2D eigenvalue weighted by Crippen LogP contribution is -2.13. The van der Waals surface area contributed by atoms with Crippen LogP contribution in [0.3, 0.4) is 0 Å². The Morgan fingerprint density at radius 3 is 2.67 bits per heavy atom. The van der Waals surface area contributed by atoms with Crippen molar-refractivity contribution in [3.8, 4) is 0 Å². The van der Waals surface area contributed by atoms with Crippen LogP contribution in [0.5, 0.6) is 0 Å². The van der Waals surface area contributed by atoms with Gasteiger partial charge in [-0.3, -0.25) is 0 Å². The van der Waals surface area contributed by atoms with Gasteiger partial charge in [0.05, 0.1) is 16.1 Å². The maximum atomic E-state index is 5.89. The van der Waals surface area contributed by atoms with Crippen molar-refractivity contribution in [2.45, 2.75) is 6.04 Å². The maximum absolute atomic E-state index is 5.89. The third kappa shape index (κ3) is 2.12. The summed E-state index contributed by atoms with van der Waals surface area (Å²) >= 11 is 11.7. The molecule has 1 atom stereocenters. The average molecular weight is 244 g/mol.